The van der Waals surface area contributed by atoms with Crippen molar-refractivity contribution in [1.29, 1.82) is 0 Å². The minimum Gasteiger partial charge on any atom is -0.0922 e. The Morgan fingerprint density at radius 3 is 2.15 bits per heavy atom. The van der Waals surface area contributed by atoms with Crippen LogP contribution >= 0.6 is 31.9 Å². The van der Waals surface area contributed by atoms with Gasteiger partial charge in [0, 0.05) is 9.65 Å². The second-order valence-corrected chi connectivity index (χ2v) is 7.99. The topological polar surface area (TPSA) is 0 Å². The van der Waals surface area contributed by atoms with Gasteiger partial charge in [-0.1, -0.05) is 31.9 Å². The highest BCUT2D eigenvalue weighted by molar-refractivity contribution is 9.10. The lowest BCUT2D eigenvalue weighted by atomic mass is 9.50. The molecule has 4 aliphatic rings. The third kappa shape index (κ3) is 1.35. The van der Waals surface area contributed by atoms with Gasteiger partial charge in [0.15, 0.2) is 0 Å². The van der Waals surface area contributed by atoms with E-state index in [0.29, 0.717) is 9.74 Å². The molecule has 0 nitrogen and oxygen atoms in total. The van der Waals surface area contributed by atoms with Crippen molar-refractivity contribution in [2.75, 3.05) is 5.33 Å². The second-order valence-electron chi connectivity index (χ2n) is 5.75. The highest BCUT2D eigenvalue weighted by Gasteiger charge is 2.56. The van der Waals surface area contributed by atoms with Crippen LogP contribution in [0, 0.1) is 17.3 Å². The fourth-order valence-corrected chi connectivity index (χ4v) is 6.66. The summed E-state index contributed by atoms with van der Waals surface area (Å²) in [6, 6.07) is 0. The van der Waals surface area contributed by atoms with Crippen LogP contribution in [-0.2, 0) is 0 Å². The summed E-state index contributed by atoms with van der Waals surface area (Å²) in [6.07, 6.45) is 8.88. The molecular formula is C11H16Br2. The molecule has 4 rings (SSSR count). The van der Waals surface area contributed by atoms with Crippen LogP contribution in [0.4, 0.5) is 0 Å². The minimum atomic E-state index is 0.546. The average Bonchev–Trinajstić information content (AvgIpc) is 1.99. The molecule has 4 bridgehead atoms. The minimum absolute atomic E-state index is 0.546. The van der Waals surface area contributed by atoms with Crippen LogP contribution < -0.4 is 0 Å². The summed E-state index contributed by atoms with van der Waals surface area (Å²) in [5.41, 5.74) is 0.674. The summed E-state index contributed by atoms with van der Waals surface area (Å²) in [4.78, 5) is 0. The molecule has 4 saturated carbocycles. The van der Waals surface area contributed by atoms with Crippen molar-refractivity contribution in [2.45, 2.75) is 42.8 Å². The van der Waals surface area contributed by atoms with Gasteiger partial charge in [-0.2, -0.15) is 0 Å². The first-order valence-electron chi connectivity index (χ1n) is 5.38. The van der Waals surface area contributed by atoms with Crippen molar-refractivity contribution in [1.82, 2.24) is 0 Å². The maximum absolute atomic E-state index is 4.01. The Hall–Kier alpha value is 0.960. The van der Waals surface area contributed by atoms with E-state index in [0.717, 1.165) is 11.8 Å². The molecule has 0 unspecified atom stereocenters. The van der Waals surface area contributed by atoms with E-state index in [1.54, 1.807) is 0 Å². The van der Waals surface area contributed by atoms with E-state index in [9.17, 15) is 0 Å². The van der Waals surface area contributed by atoms with E-state index >= 15 is 0 Å². The SMILES string of the molecule is BrCC12C[C@@H]3C[C@H](CC(Br)(C3)C1)C2. The molecule has 0 aliphatic heterocycles. The van der Waals surface area contributed by atoms with Gasteiger partial charge in [0.25, 0.3) is 0 Å². The number of hydrogen-bond acceptors (Lipinski definition) is 0. The van der Waals surface area contributed by atoms with Gasteiger partial charge in [-0.05, 0) is 55.8 Å². The molecular weight excluding hydrogens is 292 g/mol. The van der Waals surface area contributed by atoms with E-state index in [1.807, 2.05) is 0 Å². The molecule has 0 radical (unpaired) electrons. The Morgan fingerprint density at radius 1 is 1.08 bits per heavy atom. The van der Waals surface area contributed by atoms with Crippen LogP contribution in [0.15, 0.2) is 0 Å². The van der Waals surface area contributed by atoms with Crippen molar-refractivity contribution in [3.8, 4) is 0 Å². The molecule has 0 saturated heterocycles. The van der Waals surface area contributed by atoms with Gasteiger partial charge in [0.05, 0.1) is 0 Å². The Kier molecular flexibility index (Phi) is 1.95. The fourth-order valence-electron chi connectivity index (χ4n) is 4.49. The standard InChI is InChI=1S/C11H16Br2/c12-7-10-2-8-1-9(3-10)5-11(13,4-8)6-10/h8-9H,1-7H2/t8-,9-,10?,11?/m0/s1. The largest absolute Gasteiger partial charge is 0.0922 e. The summed E-state index contributed by atoms with van der Waals surface area (Å²) in [5, 5.41) is 1.24. The first-order valence-corrected chi connectivity index (χ1v) is 7.30. The predicted octanol–water partition coefficient (Wildman–Crippen LogP) is 4.12. The highest BCUT2D eigenvalue weighted by atomic mass is 79.9. The van der Waals surface area contributed by atoms with Gasteiger partial charge < -0.3 is 0 Å². The molecule has 0 aromatic carbocycles. The third-order valence-electron chi connectivity index (χ3n) is 4.39. The molecule has 4 fully saturated rings. The van der Waals surface area contributed by atoms with Gasteiger partial charge in [0.1, 0.15) is 0 Å². The number of alkyl halides is 2. The Labute approximate surface area is 97.1 Å². The van der Waals surface area contributed by atoms with Crippen molar-refractivity contribution in [3.63, 3.8) is 0 Å². The number of halogens is 2. The van der Waals surface area contributed by atoms with E-state index in [4.69, 9.17) is 0 Å². The van der Waals surface area contributed by atoms with Gasteiger partial charge in [0.2, 0.25) is 0 Å². The van der Waals surface area contributed by atoms with Crippen molar-refractivity contribution in [2.24, 2.45) is 17.3 Å². The average molecular weight is 308 g/mol. The molecule has 2 atom stereocenters. The zero-order chi connectivity index (χ0) is 9.10. The second kappa shape index (κ2) is 2.75. The van der Waals surface area contributed by atoms with Crippen LogP contribution in [0.3, 0.4) is 0 Å². The molecule has 0 amide bonds. The van der Waals surface area contributed by atoms with E-state index in [1.165, 1.54) is 43.9 Å². The maximum atomic E-state index is 4.01. The zero-order valence-corrected chi connectivity index (χ0v) is 11.0. The molecule has 0 spiro atoms. The first kappa shape index (κ1) is 9.21. The monoisotopic (exact) mass is 306 g/mol. The lowest BCUT2D eigenvalue weighted by Crippen LogP contribution is -2.53. The van der Waals surface area contributed by atoms with Crippen LogP contribution in [0.5, 0.6) is 0 Å². The van der Waals surface area contributed by atoms with Crippen molar-refractivity contribution < 1.29 is 0 Å². The summed E-state index contributed by atoms with van der Waals surface area (Å²) < 4.78 is 0.546. The molecule has 4 aliphatic carbocycles. The molecule has 0 N–H and O–H groups in total. The Balaban J connectivity index is 1.95. The van der Waals surface area contributed by atoms with E-state index in [2.05, 4.69) is 31.9 Å². The Morgan fingerprint density at radius 2 is 1.69 bits per heavy atom. The molecule has 0 aromatic heterocycles. The van der Waals surface area contributed by atoms with E-state index < -0.39 is 0 Å². The van der Waals surface area contributed by atoms with Crippen LogP contribution in [0.25, 0.3) is 0 Å². The molecule has 13 heavy (non-hydrogen) atoms. The van der Waals surface area contributed by atoms with Gasteiger partial charge in [-0.3, -0.25) is 0 Å². The van der Waals surface area contributed by atoms with Gasteiger partial charge in [-0.25, -0.2) is 0 Å². The first-order chi connectivity index (χ1) is 6.13. The van der Waals surface area contributed by atoms with Crippen molar-refractivity contribution >= 4 is 31.9 Å². The Bertz CT molecular complexity index is 222. The normalized spacial score (nSPS) is 58.6. The van der Waals surface area contributed by atoms with Gasteiger partial charge in [-0.15, -0.1) is 0 Å². The smallest absolute Gasteiger partial charge is 0.0268 e. The van der Waals surface area contributed by atoms with Gasteiger partial charge >= 0.3 is 0 Å². The highest BCUT2D eigenvalue weighted by Crippen LogP contribution is 2.64. The summed E-state index contributed by atoms with van der Waals surface area (Å²) >= 11 is 7.75. The molecule has 2 heteroatoms. The molecule has 0 aromatic rings. The zero-order valence-electron chi connectivity index (χ0n) is 7.86. The summed E-state index contributed by atoms with van der Waals surface area (Å²) in [7, 11) is 0. The quantitative estimate of drug-likeness (QED) is 0.639. The molecule has 0 heterocycles. The molecule has 74 valence electrons. The predicted molar refractivity (Wildman–Crippen MR) is 62.6 cm³/mol. The lowest BCUT2D eigenvalue weighted by Gasteiger charge is -2.60. The summed E-state index contributed by atoms with van der Waals surface area (Å²) in [6.45, 7) is 0. The third-order valence-corrected chi connectivity index (χ3v) is 6.51. The van der Waals surface area contributed by atoms with Crippen LogP contribution in [0.2, 0.25) is 0 Å². The van der Waals surface area contributed by atoms with E-state index in [-0.39, 0.29) is 0 Å². The summed E-state index contributed by atoms with van der Waals surface area (Å²) in [5.74, 6) is 2.08. The van der Waals surface area contributed by atoms with Crippen LogP contribution in [0.1, 0.15) is 38.5 Å². The lowest BCUT2D eigenvalue weighted by molar-refractivity contribution is -0.0188. The number of hydrogen-bond donors (Lipinski definition) is 0. The number of rotatable bonds is 1. The maximum Gasteiger partial charge on any atom is 0.0268 e. The van der Waals surface area contributed by atoms with Crippen molar-refractivity contribution in [3.05, 3.63) is 0 Å². The fraction of sp³-hybridized carbons (Fsp3) is 1.00. The van der Waals surface area contributed by atoms with Crippen LogP contribution in [-0.4, -0.2) is 9.65 Å².